The van der Waals surface area contributed by atoms with Crippen LogP contribution in [0.3, 0.4) is 0 Å². The smallest absolute Gasteiger partial charge is 0.170 e. The van der Waals surface area contributed by atoms with Crippen LogP contribution in [0.15, 0.2) is 4.34 Å². The van der Waals surface area contributed by atoms with Crippen LogP contribution in [0.5, 0.6) is 0 Å². The molecule has 0 fully saturated rings. The van der Waals surface area contributed by atoms with Crippen molar-refractivity contribution in [3.8, 4) is 0 Å². The van der Waals surface area contributed by atoms with Crippen LogP contribution in [-0.2, 0) is 0 Å². The van der Waals surface area contributed by atoms with Crippen LogP contribution in [0.4, 0.5) is 0 Å². The van der Waals surface area contributed by atoms with Gasteiger partial charge in [0.05, 0.1) is 6.10 Å². The van der Waals surface area contributed by atoms with Gasteiger partial charge in [-0.2, -0.15) is 4.37 Å². The van der Waals surface area contributed by atoms with Crippen LogP contribution >= 0.6 is 23.3 Å². The van der Waals surface area contributed by atoms with E-state index in [2.05, 4.69) is 9.36 Å². The summed E-state index contributed by atoms with van der Waals surface area (Å²) in [5, 5.41) is 9.14. The lowest BCUT2D eigenvalue weighted by molar-refractivity contribution is 0.208. The molecule has 12 heavy (non-hydrogen) atoms. The molecule has 0 saturated carbocycles. The van der Waals surface area contributed by atoms with Crippen LogP contribution in [0, 0.1) is 6.92 Å². The van der Waals surface area contributed by atoms with Crippen LogP contribution in [-0.4, -0.2) is 32.9 Å². The first-order chi connectivity index (χ1) is 5.72. The van der Waals surface area contributed by atoms with Gasteiger partial charge in [-0.15, -0.1) is 0 Å². The summed E-state index contributed by atoms with van der Waals surface area (Å²) in [7, 11) is 0. The van der Waals surface area contributed by atoms with Gasteiger partial charge in [-0.05, 0) is 18.5 Å². The van der Waals surface area contributed by atoms with Gasteiger partial charge in [-0.1, -0.05) is 11.8 Å². The Balaban J connectivity index is 2.33. The molecule has 1 aromatic rings. The molecule has 6 heteroatoms. The number of rotatable bonds is 4. The molecule has 0 aliphatic carbocycles. The van der Waals surface area contributed by atoms with E-state index in [0.717, 1.165) is 10.2 Å². The number of nitrogens with zero attached hydrogens (tertiary/aromatic N) is 2. The van der Waals surface area contributed by atoms with Crippen molar-refractivity contribution in [3.05, 3.63) is 5.82 Å². The molecule has 0 spiro atoms. The Morgan fingerprint density at radius 1 is 1.75 bits per heavy atom. The minimum absolute atomic E-state index is 0.296. The molecule has 1 unspecified atom stereocenters. The van der Waals surface area contributed by atoms with Gasteiger partial charge < -0.3 is 10.8 Å². The quantitative estimate of drug-likeness (QED) is 0.690. The fourth-order valence-corrected chi connectivity index (χ4v) is 2.19. The first kappa shape index (κ1) is 9.91. The molecule has 4 nitrogen and oxygen atoms in total. The van der Waals surface area contributed by atoms with Crippen molar-refractivity contribution in [2.24, 2.45) is 5.73 Å². The van der Waals surface area contributed by atoms with Gasteiger partial charge in [0, 0.05) is 12.3 Å². The van der Waals surface area contributed by atoms with Crippen molar-refractivity contribution in [2.75, 3.05) is 12.3 Å². The van der Waals surface area contributed by atoms with Crippen molar-refractivity contribution >= 4 is 23.3 Å². The molecule has 0 saturated heterocycles. The van der Waals surface area contributed by atoms with E-state index in [9.17, 15) is 0 Å². The van der Waals surface area contributed by atoms with Gasteiger partial charge in [-0.3, -0.25) is 0 Å². The fraction of sp³-hybridized carbons (Fsp3) is 0.667. The fourth-order valence-electron chi connectivity index (χ4n) is 0.572. The molecule has 3 N–H and O–H groups in total. The molecule has 1 aromatic heterocycles. The van der Waals surface area contributed by atoms with E-state index >= 15 is 0 Å². The number of hydrogen-bond acceptors (Lipinski definition) is 6. The van der Waals surface area contributed by atoms with E-state index in [0.29, 0.717) is 12.3 Å². The Labute approximate surface area is 79.4 Å². The lowest BCUT2D eigenvalue weighted by atomic mass is 10.4. The highest BCUT2D eigenvalue weighted by atomic mass is 32.2. The normalized spacial score (nSPS) is 13.2. The Bertz CT molecular complexity index is 240. The predicted octanol–water partition coefficient (Wildman–Crippen LogP) is 0.258. The monoisotopic (exact) mass is 205 g/mol. The van der Waals surface area contributed by atoms with E-state index < -0.39 is 6.10 Å². The van der Waals surface area contributed by atoms with E-state index in [4.69, 9.17) is 10.8 Å². The topological polar surface area (TPSA) is 72.0 Å². The average Bonchev–Trinajstić information content (AvgIpc) is 2.47. The maximum atomic E-state index is 9.14. The number of aromatic nitrogens is 2. The molecule has 0 aliphatic rings. The zero-order chi connectivity index (χ0) is 8.97. The zero-order valence-corrected chi connectivity index (χ0v) is 8.36. The van der Waals surface area contributed by atoms with Crippen LogP contribution in [0.25, 0.3) is 0 Å². The van der Waals surface area contributed by atoms with Crippen molar-refractivity contribution < 1.29 is 5.11 Å². The van der Waals surface area contributed by atoms with Crippen LogP contribution < -0.4 is 5.73 Å². The number of nitrogens with two attached hydrogens (primary N) is 1. The summed E-state index contributed by atoms with van der Waals surface area (Å²) < 4.78 is 4.91. The number of hydrogen-bond donors (Lipinski definition) is 2. The van der Waals surface area contributed by atoms with Gasteiger partial charge in [0.25, 0.3) is 0 Å². The standard InChI is InChI=1S/C6H11N3OS2/c1-4-8-6(12-9-4)11-3-5(10)2-7/h5,10H,2-3,7H2,1H3. The van der Waals surface area contributed by atoms with Crippen molar-refractivity contribution in [3.63, 3.8) is 0 Å². The summed E-state index contributed by atoms with van der Waals surface area (Å²) in [6.45, 7) is 2.14. The van der Waals surface area contributed by atoms with Crippen molar-refractivity contribution in [1.82, 2.24) is 9.36 Å². The summed E-state index contributed by atoms with van der Waals surface area (Å²) in [5.74, 6) is 1.37. The number of aliphatic hydroxyl groups excluding tert-OH is 1. The molecular weight excluding hydrogens is 194 g/mol. The number of aliphatic hydroxyl groups is 1. The summed E-state index contributed by atoms with van der Waals surface area (Å²) in [6.07, 6.45) is -0.445. The Hall–Kier alpha value is -0.170. The second-order valence-corrected chi connectivity index (χ2v) is 4.33. The second-order valence-electron chi connectivity index (χ2n) is 2.31. The lowest BCUT2D eigenvalue weighted by Crippen LogP contribution is -2.21. The second kappa shape index (κ2) is 4.76. The molecule has 0 aliphatic heterocycles. The molecule has 0 radical (unpaired) electrons. The maximum Gasteiger partial charge on any atom is 0.170 e. The molecular formula is C6H11N3OS2. The van der Waals surface area contributed by atoms with E-state index in [1.165, 1.54) is 23.3 Å². The Morgan fingerprint density at radius 3 is 3.00 bits per heavy atom. The van der Waals surface area contributed by atoms with E-state index in [1.807, 2.05) is 6.92 Å². The average molecular weight is 205 g/mol. The highest BCUT2D eigenvalue weighted by Crippen LogP contribution is 2.20. The summed E-state index contributed by atoms with van der Waals surface area (Å²) in [6, 6.07) is 0. The molecule has 1 rings (SSSR count). The summed E-state index contributed by atoms with van der Waals surface area (Å²) in [4.78, 5) is 4.14. The molecule has 1 heterocycles. The third kappa shape index (κ3) is 3.06. The van der Waals surface area contributed by atoms with Crippen molar-refractivity contribution in [2.45, 2.75) is 17.4 Å². The third-order valence-electron chi connectivity index (χ3n) is 1.18. The minimum Gasteiger partial charge on any atom is -0.391 e. The number of thioether (sulfide) groups is 1. The van der Waals surface area contributed by atoms with E-state index in [1.54, 1.807) is 0 Å². The van der Waals surface area contributed by atoms with Gasteiger partial charge >= 0.3 is 0 Å². The Kier molecular flexibility index (Phi) is 3.93. The van der Waals surface area contributed by atoms with Gasteiger partial charge in [0.15, 0.2) is 4.34 Å². The maximum absolute atomic E-state index is 9.14. The SMILES string of the molecule is Cc1nsc(SCC(O)CN)n1. The Morgan fingerprint density at radius 2 is 2.50 bits per heavy atom. The largest absolute Gasteiger partial charge is 0.391 e. The minimum atomic E-state index is -0.445. The molecule has 0 aromatic carbocycles. The summed E-state index contributed by atoms with van der Waals surface area (Å²) in [5.41, 5.74) is 5.25. The highest BCUT2D eigenvalue weighted by molar-refractivity contribution is 8.00. The first-order valence-corrected chi connectivity index (χ1v) is 5.29. The van der Waals surface area contributed by atoms with Gasteiger partial charge in [0.1, 0.15) is 5.82 Å². The van der Waals surface area contributed by atoms with Gasteiger partial charge in [0.2, 0.25) is 0 Å². The summed E-state index contributed by atoms with van der Waals surface area (Å²) >= 11 is 2.84. The van der Waals surface area contributed by atoms with Crippen LogP contribution in [0.1, 0.15) is 5.82 Å². The molecule has 1 atom stereocenters. The van der Waals surface area contributed by atoms with E-state index in [-0.39, 0.29) is 0 Å². The predicted molar refractivity (Wildman–Crippen MR) is 50.4 cm³/mol. The highest BCUT2D eigenvalue weighted by Gasteiger charge is 2.05. The lowest BCUT2D eigenvalue weighted by Gasteiger charge is -2.03. The van der Waals surface area contributed by atoms with Gasteiger partial charge in [-0.25, -0.2) is 4.98 Å². The third-order valence-corrected chi connectivity index (χ3v) is 3.25. The number of aryl methyl sites for hydroxylation is 1. The van der Waals surface area contributed by atoms with Crippen LogP contribution in [0.2, 0.25) is 0 Å². The first-order valence-electron chi connectivity index (χ1n) is 3.53. The molecule has 0 bridgehead atoms. The van der Waals surface area contributed by atoms with Crippen molar-refractivity contribution in [1.29, 1.82) is 0 Å². The zero-order valence-electron chi connectivity index (χ0n) is 6.73. The molecule has 0 amide bonds. The molecule has 68 valence electrons.